The molecule has 0 fully saturated rings. The lowest BCUT2D eigenvalue weighted by molar-refractivity contribution is 0.769. The average Bonchev–Trinajstić information content (AvgIpc) is 3.48. The van der Waals surface area contributed by atoms with Gasteiger partial charge in [0, 0.05) is 25.4 Å². The van der Waals surface area contributed by atoms with E-state index in [0.29, 0.717) is 0 Å². The van der Waals surface area contributed by atoms with Crippen LogP contribution in [-0.2, 0) is 5.41 Å². The predicted octanol–water partition coefficient (Wildman–Crippen LogP) is 11.0. The van der Waals surface area contributed by atoms with E-state index in [1.807, 2.05) is 0 Å². The highest BCUT2D eigenvalue weighted by Crippen LogP contribution is 2.57. The summed E-state index contributed by atoms with van der Waals surface area (Å²) in [7, 11) is 0. The predicted molar refractivity (Wildman–Crippen MR) is 178 cm³/mol. The highest BCUT2D eigenvalue weighted by atomic mass is 79.9. The molecule has 8 rings (SSSR count). The van der Waals surface area contributed by atoms with Gasteiger partial charge in [0.05, 0.1) is 16.4 Å². The Balaban J connectivity index is 1.52. The van der Waals surface area contributed by atoms with Gasteiger partial charge in [-0.1, -0.05) is 116 Å². The first-order valence-corrected chi connectivity index (χ1v) is 15.4. The fourth-order valence-corrected chi connectivity index (χ4v) is 7.65. The van der Waals surface area contributed by atoms with Gasteiger partial charge in [0.1, 0.15) is 0 Å². The van der Waals surface area contributed by atoms with Crippen molar-refractivity contribution in [1.82, 2.24) is 4.57 Å². The zero-order chi connectivity index (χ0) is 27.7. The number of fused-ring (bicyclic) bond motifs is 6. The maximum Gasteiger partial charge on any atom is 0.0713 e. The molecule has 1 aromatic heterocycles. The molecule has 0 amide bonds. The second kappa shape index (κ2) is 9.30. The van der Waals surface area contributed by atoms with E-state index in [0.717, 1.165) is 14.6 Å². The van der Waals surface area contributed by atoms with E-state index in [1.54, 1.807) is 0 Å². The van der Waals surface area contributed by atoms with Gasteiger partial charge in [-0.25, -0.2) is 0 Å². The Bertz CT molecular complexity index is 2120. The zero-order valence-corrected chi connectivity index (χ0v) is 25.6. The Morgan fingerprint density at radius 1 is 0.512 bits per heavy atom. The topological polar surface area (TPSA) is 4.93 Å². The Morgan fingerprint density at radius 2 is 1.12 bits per heavy atom. The number of hydrogen-bond donors (Lipinski definition) is 0. The third-order valence-electron chi connectivity index (χ3n) is 8.67. The number of hydrogen-bond acceptors (Lipinski definition) is 0. The molecule has 6 aromatic carbocycles. The lowest BCUT2D eigenvalue weighted by Crippen LogP contribution is -2.28. The molecule has 196 valence electrons. The van der Waals surface area contributed by atoms with Crippen LogP contribution in [0, 0.1) is 6.92 Å². The summed E-state index contributed by atoms with van der Waals surface area (Å²) in [4.78, 5) is 0. The number of halogens is 2. The smallest absolute Gasteiger partial charge is 0.0713 e. The molecule has 1 nitrogen and oxygen atoms in total. The zero-order valence-electron chi connectivity index (χ0n) is 22.4. The van der Waals surface area contributed by atoms with Gasteiger partial charge in [-0.3, -0.25) is 0 Å². The van der Waals surface area contributed by atoms with Crippen LogP contribution in [0.2, 0.25) is 0 Å². The minimum atomic E-state index is -0.443. The molecule has 1 aliphatic carbocycles. The Kier molecular flexibility index (Phi) is 5.64. The van der Waals surface area contributed by atoms with Crippen molar-refractivity contribution in [2.24, 2.45) is 0 Å². The van der Waals surface area contributed by atoms with Crippen LogP contribution in [0.3, 0.4) is 0 Å². The van der Waals surface area contributed by atoms with Gasteiger partial charge in [0.15, 0.2) is 0 Å². The highest BCUT2D eigenvalue weighted by Gasteiger charge is 2.46. The maximum atomic E-state index is 3.76. The SMILES string of the molecule is Cc1ccc(C2(c3ccc4c(c3)c3cc(Br)ccc3n4-c3ccccc3)c3ccccc3-c3cc(Br)ccc32)cc1. The summed E-state index contributed by atoms with van der Waals surface area (Å²) >= 11 is 7.52. The van der Waals surface area contributed by atoms with Gasteiger partial charge in [0.2, 0.25) is 0 Å². The van der Waals surface area contributed by atoms with E-state index in [4.69, 9.17) is 0 Å². The molecule has 41 heavy (non-hydrogen) atoms. The first-order chi connectivity index (χ1) is 20.1. The first kappa shape index (κ1) is 24.8. The lowest BCUT2D eigenvalue weighted by atomic mass is 9.67. The van der Waals surface area contributed by atoms with Crippen LogP contribution in [0.25, 0.3) is 38.6 Å². The van der Waals surface area contributed by atoms with Crippen molar-refractivity contribution in [2.75, 3.05) is 0 Å². The molecule has 0 saturated heterocycles. The number of rotatable bonds is 3. The molecule has 3 heteroatoms. The molecule has 0 N–H and O–H groups in total. The standard InChI is InChI=1S/C38H25Br2N/c1-24-11-13-25(14-12-24)38(34-10-6-5-9-30(34)31-22-27(39)16-18-35(31)38)26-15-19-36-32(21-26)33-23-28(40)17-20-37(33)41(36)29-7-3-2-4-8-29/h2-23H,1H3. The van der Waals surface area contributed by atoms with Crippen molar-refractivity contribution in [3.63, 3.8) is 0 Å². The van der Waals surface area contributed by atoms with Gasteiger partial charge >= 0.3 is 0 Å². The molecule has 0 aliphatic heterocycles. The Hall–Kier alpha value is -3.92. The van der Waals surface area contributed by atoms with Crippen LogP contribution in [0.15, 0.2) is 142 Å². The van der Waals surface area contributed by atoms with Gasteiger partial charge < -0.3 is 4.57 Å². The van der Waals surface area contributed by atoms with Crippen LogP contribution < -0.4 is 0 Å². The Labute approximate surface area is 256 Å². The first-order valence-electron chi connectivity index (χ1n) is 13.8. The van der Waals surface area contributed by atoms with E-state index < -0.39 is 5.41 Å². The number of nitrogens with zero attached hydrogens (tertiary/aromatic N) is 1. The van der Waals surface area contributed by atoms with Crippen molar-refractivity contribution in [2.45, 2.75) is 12.3 Å². The fourth-order valence-electron chi connectivity index (χ4n) is 6.93. The van der Waals surface area contributed by atoms with Crippen LogP contribution in [0.1, 0.15) is 27.8 Å². The summed E-state index contributed by atoms with van der Waals surface area (Å²) in [6.07, 6.45) is 0. The number of para-hydroxylation sites is 1. The average molecular weight is 655 g/mol. The summed E-state index contributed by atoms with van der Waals surface area (Å²) in [5, 5.41) is 2.48. The van der Waals surface area contributed by atoms with Gasteiger partial charge in [0.25, 0.3) is 0 Å². The molecule has 0 saturated carbocycles. The van der Waals surface area contributed by atoms with E-state index >= 15 is 0 Å². The summed E-state index contributed by atoms with van der Waals surface area (Å²) in [6.45, 7) is 2.16. The van der Waals surface area contributed by atoms with Crippen LogP contribution in [0.4, 0.5) is 0 Å². The molecule has 0 bridgehead atoms. The second-order valence-electron chi connectivity index (χ2n) is 10.9. The van der Waals surface area contributed by atoms with Gasteiger partial charge in [-0.05, 0) is 94.9 Å². The molecule has 7 aromatic rings. The molecule has 1 atom stereocenters. The summed E-state index contributed by atoms with van der Waals surface area (Å²) < 4.78 is 4.56. The van der Waals surface area contributed by atoms with Crippen LogP contribution in [-0.4, -0.2) is 4.57 Å². The molecule has 1 heterocycles. The molecule has 1 unspecified atom stereocenters. The monoisotopic (exact) mass is 653 g/mol. The molecule has 1 aliphatic rings. The van der Waals surface area contributed by atoms with E-state index in [9.17, 15) is 0 Å². The quantitative estimate of drug-likeness (QED) is 0.179. The summed E-state index contributed by atoms with van der Waals surface area (Å²) in [5.74, 6) is 0. The van der Waals surface area contributed by atoms with Gasteiger partial charge in [-0.15, -0.1) is 0 Å². The third-order valence-corrected chi connectivity index (χ3v) is 9.65. The normalized spacial score (nSPS) is 15.8. The minimum Gasteiger partial charge on any atom is -0.309 e. The van der Waals surface area contributed by atoms with Crippen molar-refractivity contribution < 1.29 is 0 Å². The molecular weight excluding hydrogens is 630 g/mol. The third kappa shape index (κ3) is 3.59. The minimum absolute atomic E-state index is 0.443. The Morgan fingerprint density at radius 3 is 1.93 bits per heavy atom. The lowest BCUT2D eigenvalue weighted by Gasteiger charge is -2.34. The second-order valence-corrected chi connectivity index (χ2v) is 12.7. The van der Waals surface area contributed by atoms with Crippen molar-refractivity contribution in [3.8, 4) is 16.8 Å². The van der Waals surface area contributed by atoms with E-state index in [2.05, 4.69) is 177 Å². The number of aryl methyl sites for hydroxylation is 1. The largest absolute Gasteiger partial charge is 0.309 e. The summed E-state index contributed by atoms with van der Waals surface area (Å²) in [5.41, 5.74) is 12.2. The van der Waals surface area contributed by atoms with Crippen molar-refractivity contribution >= 4 is 53.7 Å². The molecule has 0 spiro atoms. The molecule has 0 radical (unpaired) electrons. The van der Waals surface area contributed by atoms with Crippen LogP contribution >= 0.6 is 31.9 Å². The van der Waals surface area contributed by atoms with E-state index in [-0.39, 0.29) is 0 Å². The number of benzene rings is 6. The molecular formula is C38H25Br2N. The van der Waals surface area contributed by atoms with Gasteiger partial charge in [-0.2, -0.15) is 0 Å². The van der Waals surface area contributed by atoms with E-state index in [1.165, 1.54) is 60.8 Å². The maximum absolute atomic E-state index is 3.76. The van der Waals surface area contributed by atoms with Crippen LogP contribution in [0.5, 0.6) is 0 Å². The summed E-state index contributed by atoms with van der Waals surface area (Å²) in [6, 6.07) is 49.2. The van der Waals surface area contributed by atoms with Crippen molar-refractivity contribution in [3.05, 3.63) is 170 Å². The fraction of sp³-hybridized carbons (Fsp3) is 0.0526. The highest BCUT2D eigenvalue weighted by molar-refractivity contribution is 9.10. The number of aromatic nitrogens is 1. The van der Waals surface area contributed by atoms with Crippen molar-refractivity contribution in [1.29, 1.82) is 0 Å².